The SMILES string of the molecule is CCCCNC(=O)[C@H](C)N(Cc1ccc(Cl)cc1)C(=O)CCCN(c1ccccc1OC)S(C)(=O)=O. The van der Waals surface area contributed by atoms with E-state index in [1.165, 1.54) is 16.3 Å². The standard InChI is InChI=1S/C26H36ClN3O5S/c1-5-6-17-28-26(32)20(2)29(19-21-13-15-22(27)16-14-21)25(31)12-9-18-30(36(4,33)34)23-10-7-8-11-24(23)35-3/h7-8,10-11,13-16,20H,5-6,9,12,17-19H2,1-4H3,(H,28,32)/t20-/m0/s1. The maximum atomic E-state index is 13.3. The highest BCUT2D eigenvalue weighted by Crippen LogP contribution is 2.29. The lowest BCUT2D eigenvalue weighted by molar-refractivity contribution is -0.140. The van der Waals surface area contributed by atoms with E-state index < -0.39 is 16.1 Å². The van der Waals surface area contributed by atoms with Crippen molar-refractivity contribution in [1.29, 1.82) is 0 Å². The number of hydrogen-bond donors (Lipinski definition) is 1. The molecule has 1 atom stereocenters. The summed E-state index contributed by atoms with van der Waals surface area (Å²) in [5.74, 6) is -0.0369. The summed E-state index contributed by atoms with van der Waals surface area (Å²) < 4.78 is 31.6. The topological polar surface area (TPSA) is 96.0 Å². The summed E-state index contributed by atoms with van der Waals surface area (Å²) in [4.78, 5) is 27.6. The van der Waals surface area contributed by atoms with Gasteiger partial charge in [0, 0.05) is 31.1 Å². The molecule has 0 aromatic heterocycles. The molecule has 2 amide bonds. The highest BCUT2D eigenvalue weighted by molar-refractivity contribution is 7.92. The van der Waals surface area contributed by atoms with Crippen molar-refractivity contribution in [3.05, 3.63) is 59.1 Å². The van der Waals surface area contributed by atoms with E-state index in [2.05, 4.69) is 5.32 Å². The molecular weight excluding hydrogens is 502 g/mol. The Hall–Kier alpha value is -2.78. The number of ether oxygens (including phenoxy) is 1. The number of carbonyl (C=O) groups is 2. The first-order valence-electron chi connectivity index (χ1n) is 12.0. The molecule has 0 aliphatic heterocycles. The maximum Gasteiger partial charge on any atom is 0.242 e. The van der Waals surface area contributed by atoms with E-state index >= 15 is 0 Å². The second-order valence-corrected chi connectivity index (χ2v) is 10.9. The van der Waals surface area contributed by atoms with Crippen molar-refractivity contribution in [3.8, 4) is 5.75 Å². The van der Waals surface area contributed by atoms with E-state index in [1.54, 1.807) is 43.3 Å². The molecule has 0 fully saturated rings. The van der Waals surface area contributed by atoms with Crippen molar-refractivity contribution in [2.24, 2.45) is 0 Å². The first-order chi connectivity index (χ1) is 17.1. The summed E-state index contributed by atoms with van der Waals surface area (Å²) in [6.45, 7) is 4.62. The number of hydrogen-bond acceptors (Lipinski definition) is 5. The van der Waals surface area contributed by atoms with Crippen LogP contribution in [0, 0.1) is 0 Å². The van der Waals surface area contributed by atoms with E-state index in [9.17, 15) is 18.0 Å². The van der Waals surface area contributed by atoms with Crippen molar-refractivity contribution in [3.63, 3.8) is 0 Å². The Bertz CT molecular complexity index is 1110. The van der Waals surface area contributed by atoms with Crippen LogP contribution in [0.15, 0.2) is 48.5 Å². The maximum absolute atomic E-state index is 13.3. The molecule has 0 aliphatic rings. The third-order valence-corrected chi connectivity index (χ3v) is 7.20. The van der Waals surface area contributed by atoms with Crippen LogP contribution in [0.4, 0.5) is 5.69 Å². The van der Waals surface area contributed by atoms with E-state index in [0.29, 0.717) is 23.0 Å². The smallest absolute Gasteiger partial charge is 0.242 e. The summed E-state index contributed by atoms with van der Waals surface area (Å²) in [7, 11) is -2.14. The average Bonchev–Trinajstić information content (AvgIpc) is 2.85. The molecule has 0 unspecified atom stereocenters. The highest BCUT2D eigenvalue weighted by atomic mass is 35.5. The number of unbranched alkanes of at least 4 members (excludes halogenated alkanes) is 1. The molecule has 2 rings (SSSR count). The lowest BCUT2D eigenvalue weighted by Crippen LogP contribution is -2.48. The van der Waals surface area contributed by atoms with Gasteiger partial charge in [0.2, 0.25) is 21.8 Å². The van der Waals surface area contributed by atoms with E-state index in [1.807, 2.05) is 19.1 Å². The zero-order valence-corrected chi connectivity index (χ0v) is 22.9. The zero-order chi connectivity index (χ0) is 26.7. The first-order valence-corrected chi connectivity index (χ1v) is 14.2. The summed E-state index contributed by atoms with van der Waals surface area (Å²) >= 11 is 5.99. The number of nitrogens with zero attached hydrogens (tertiary/aromatic N) is 2. The molecule has 0 heterocycles. The molecule has 2 aromatic rings. The Balaban J connectivity index is 2.16. The highest BCUT2D eigenvalue weighted by Gasteiger charge is 2.27. The fourth-order valence-corrected chi connectivity index (χ4v) is 4.82. The molecule has 0 aliphatic carbocycles. The molecular formula is C26H36ClN3O5S. The van der Waals surface area contributed by atoms with E-state index in [-0.39, 0.29) is 37.7 Å². The minimum absolute atomic E-state index is 0.0708. The minimum Gasteiger partial charge on any atom is -0.495 e. The number of halogens is 1. The van der Waals surface area contributed by atoms with Crippen molar-refractivity contribution in [2.45, 2.75) is 52.1 Å². The summed E-state index contributed by atoms with van der Waals surface area (Å²) in [5.41, 5.74) is 1.25. The molecule has 0 radical (unpaired) electrons. The second-order valence-electron chi connectivity index (χ2n) is 8.58. The Morgan fingerprint density at radius 3 is 2.36 bits per heavy atom. The Morgan fingerprint density at radius 1 is 1.08 bits per heavy atom. The summed E-state index contributed by atoms with van der Waals surface area (Å²) in [5, 5.41) is 3.47. The predicted molar refractivity (Wildman–Crippen MR) is 144 cm³/mol. The van der Waals surface area contributed by atoms with Gasteiger partial charge in [0.1, 0.15) is 11.8 Å². The zero-order valence-electron chi connectivity index (χ0n) is 21.4. The van der Waals surface area contributed by atoms with Crippen LogP contribution in [0.2, 0.25) is 5.02 Å². The van der Waals surface area contributed by atoms with Crippen LogP contribution >= 0.6 is 11.6 Å². The molecule has 0 spiro atoms. The number of sulfonamides is 1. The summed E-state index contributed by atoms with van der Waals surface area (Å²) in [6.07, 6.45) is 3.27. The van der Waals surface area contributed by atoms with Crippen molar-refractivity contribution >= 4 is 39.1 Å². The van der Waals surface area contributed by atoms with Crippen molar-refractivity contribution in [1.82, 2.24) is 10.2 Å². The van der Waals surface area contributed by atoms with E-state index in [0.717, 1.165) is 24.7 Å². The van der Waals surface area contributed by atoms with Gasteiger partial charge in [0.25, 0.3) is 0 Å². The van der Waals surface area contributed by atoms with Gasteiger partial charge >= 0.3 is 0 Å². The van der Waals surface area contributed by atoms with Crippen LogP contribution < -0.4 is 14.4 Å². The second kappa shape index (κ2) is 14.1. The number of carbonyl (C=O) groups excluding carboxylic acids is 2. The van der Waals surface area contributed by atoms with Crippen LogP contribution in [0.5, 0.6) is 5.75 Å². The Morgan fingerprint density at radius 2 is 1.75 bits per heavy atom. The van der Waals surface area contributed by atoms with Gasteiger partial charge in [-0.05, 0) is 49.6 Å². The van der Waals surface area contributed by atoms with Gasteiger partial charge < -0.3 is 15.0 Å². The number of rotatable bonds is 14. The number of para-hydroxylation sites is 2. The third kappa shape index (κ3) is 8.71. The van der Waals surface area contributed by atoms with Gasteiger partial charge in [0.15, 0.2) is 0 Å². The first kappa shape index (κ1) is 29.5. The van der Waals surface area contributed by atoms with Crippen molar-refractivity contribution in [2.75, 3.05) is 30.8 Å². The normalized spacial score (nSPS) is 12.0. The van der Waals surface area contributed by atoms with E-state index in [4.69, 9.17) is 16.3 Å². The molecule has 2 aromatic carbocycles. The van der Waals surface area contributed by atoms with Crippen LogP contribution in [0.25, 0.3) is 0 Å². The molecule has 1 N–H and O–H groups in total. The van der Waals surface area contributed by atoms with Gasteiger partial charge in [-0.1, -0.05) is 49.2 Å². The molecule has 10 heteroatoms. The van der Waals surface area contributed by atoms with Crippen LogP contribution in [0.1, 0.15) is 45.1 Å². The van der Waals surface area contributed by atoms with Crippen LogP contribution in [-0.4, -0.2) is 57.6 Å². The van der Waals surface area contributed by atoms with Gasteiger partial charge in [-0.15, -0.1) is 0 Å². The molecule has 0 bridgehead atoms. The number of anilines is 1. The third-order valence-electron chi connectivity index (χ3n) is 5.77. The fourth-order valence-electron chi connectivity index (χ4n) is 3.72. The Kier molecular flexibility index (Phi) is 11.5. The molecule has 0 saturated heterocycles. The lowest BCUT2D eigenvalue weighted by Gasteiger charge is -2.29. The van der Waals surface area contributed by atoms with Gasteiger partial charge in [-0.2, -0.15) is 0 Å². The lowest BCUT2D eigenvalue weighted by atomic mass is 10.1. The van der Waals surface area contributed by atoms with Gasteiger partial charge in [0.05, 0.1) is 19.1 Å². The largest absolute Gasteiger partial charge is 0.495 e. The summed E-state index contributed by atoms with van der Waals surface area (Å²) in [6, 6.07) is 13.3. The van der Waals surface area contributed by atoms with Gasteiger partial charge in [-0.3, -0.25) is 13.9 Å². The predicted octanol–water partition coefficient (Wildman–Crippen LogP) is 4.23. The molecule has 36 heavy (non-hydrogen) atoms. The molecule has 0 saturated carbocycles. The number of benzene rings is 2. The van der Waals surface area contributed by atoms with Gasteiger partial charge in [-0.25, -0.2) is 8.42 Å². The monoisotopic (exact) mass is 537 g/mol. The quantitative estimate of drug-likeness (QED) is 0.364. The van der Waals surface area contributed by atoms with Crippen LogP contribution in [-0.2, 0) is 26.2 Å². The number of nitrogens with one attached hydrogen (secondary N) is 1. The molecule has 198 valence electrons. The van der Waals surface area contributed by atoms with Crippen LogP contribution in [0.3, 0.4) is 0 Å². The fraction of sp³-hybridized carbons (Fsp3) is 0.462. The minimum atomic E-state index is -3.61. The average molecular weight is 538 g/mol. The number of methoxy groups -OCH3 is 1. The molecule has 8 nitrogen and oxygen atoms in total. The Labute approximate surface area is 219 Å². The number of amides is 2. The van der Waals surface area contributed by atoms with Crippen molar-refractivity contribution < 1.29 is 22.7 Å².